The monoisotopic (exact) mass is 336 g/mol. The average Bonchev–Trinajstić information content (AvgIpc) is 2.46. The number of anilines is 2. The van der Waals surface area contributed by atoms with Crippen LogP contribution in [0.5, 0.6) is 0 Å². The summed E-state index contributed by atoms with van der Waals surface area (Å²) in [6.07, 6.45) is 0. The Morgan fingerprint density at radius 2 is 1.80 bits per heavy atom. The van der Waals surface area contributed by atoms with E-state index in [1.165, 1.54) is 17.7 Å². The molecule has 0 saturated carbocycles. The molecule has 0 radical (unpaired) electrons. The topological polar surface area (TPSA) is 15.3 Å². The van der Waals surface area contributed by atoms with Crippen LogP contribution in [0.3, 0.4) is 0 Å². The van der Waals surface area contributed by atoms with Crippen LogP contribution in [-0.4, -0.2) is 14.1 Å². The molecular formula is C16H18BrFN2. The summed E-state index contributed by atoms with van der Waals surface area (Å²) in [7, 11) is 3.91. The van der Waals surface area contributed by atoms with E-state index >= 15 is 0 Å². The molecule has 0 aliphatic heterocycles. The SMILES string of the molecule is CNC(C)c1ccc(N(C)c2ccc(F)cc2)c(Br)c1. The number of halogens is 2. The minimum Gasteiger partial charge on any atom is -0.344 e. The highest BCUT2D eigenvalue weighted by atomic mass is 79.9. The molecule has 0 spiro atoms. The molecular weight excluding hydrogens is 319 g/mol. The van der Waals surface area contributed by atoms with Gasteiger partial charge in [-0.15, -0.1) is 0 Å². The predicted molar refractivity (Wildman–Crippen MR) is 86.1 cm³/mol. The third-order valence-corrected chi connectivity index (χ3v) is 4.12. The first-order valence-corrected chi connectivity index (χ1v) is 7.28. The molecule has 4 heteroatoms. The zero-order valence-electron chi connectivity index (χ0n) is 11.8. The summed E-state index contributed by atoms with van der Waals surface area (Å²) in [4.78, 5) is 2.03. The molecule has 2 aromatic carbocycles. The molecule has 106 valence electrons. The molecule has 0 fully saturated rings. The van der Waals surface area contributed by atoms with Gasteiger partial charge < -0.3 is 10.2 Å². The Bertz CT molecular complexity index is 584. The van der Waals surface area contributed by atoms with Gasteiger partial charge in [-0.05, 0) is 71.9 Å². The van der Waals surface area contributed by atoms with Gasteiger partial charge in [0.1, 0.15) is 5.82 Å². The Hall–Kier alpha value is -1.39. The summed E-state index contributed by atoms with van der Waals surface area (Å²) in [5.41, 5.74) is 3.21. The fraction of sp³-hybridized carbons (Fsp3) is 0.250. The Morgan fingerprint density at radius 3 is 2.35 bits per heavy atom. The maximum Gasteiger partial charge on any atom is 0.123 e. The maximum absolute atomic E-state index is 13.0. The molecule has 2 aromatic rings. The van der Waals surface area contributed by atoms with E-state index in [0.717, 1.165) is 15.8 Å². The smallest absolute Gasteiger partial charge is 0.123 e. The van der Waals surface area contributed by atoms with Crippen molar-refractivity contribution < 1.29 is 4.39 Å². The Kier molecular flexibility index (Phi) is 4.78. The standard InChI is InChI=1S/C16H18BrFN2/c1-11(19-2)12-4-9-16(15(17)10-12)20(3)14-7-5-13(18)6-8-14/h4-11,19H,1-3H3. The summed E-state index contributed by atoms with van der Waals surface area (Å²) in [5.74, 6) is -0.223. The van der Waals surface area contributed by atoms with Gasteiger partial charge in [-0.3, -0.25) is 0 Å². The number of hydrogen-bond acceptors (Lipinski definition) is 2. The molecule has 2 nitrogen and oxygen atoms in total. The van der Waals surface area contributed by atoms with Crippen molar-refractivity contribution in [3.05, 3.63) is 58.3 Å². The molecule has 1 unspecified atom stereocenters. The summed E-state index contributed by atoms with van der Waals surface area (Å²) < 4.78 is 14.0. The largest absolute Gasteiger partial charge is 0.344 e. The number of nitrogens with one attached hydrogen (secondary N) is 1. The molecule has 0 aliphatic carbocycles. The van der Waals surface area contributed by atoms with Crippen LogP contribution in [-0.2, 0) is 0 Å². The summed E-state index contributed by atoms with van der Waals surface area (Å²) in [6, 6.07) is 13.1. The van der Waals surface area contributed by atoms with E-state index in [9.17, 15) is 4.39 Å². The lowest BCUT2D eigenvalue weighted by Gasteiger charge is -2.22. The van der Waals surface area contributed by atoms with Gasteiger partial charge in [0.25, 0.3) is 0 Å². The van der Waals surface area contributed by atoms with Crippen molar-refractivity contribution >= 4 is 27.3 Å². The van der Waals surface area contributed by atoms with Crippen molar-refractivity contribution in [3.63, 3.8) is 0 Å². The number of benzene rings is 2. The van der Waals surface area contributed by atoms with Crippen molar-refractivity contribution in [2.75, 3.05) is 19.0 Å². The van der Waals surface area contributed by atoms with Crippen LogP contribution in [0.15, 0.2) is 46.9 Å². The lowest BCUT2D eigenvalue weighted by Crippen LogP contribution is -2.14. The molecule has 1 N–H and O–H groups in total. The molecule has 1 atom stereocenters. The van der Waals surface area contributed by atoms with Gasteiger partial charge >= 0.3 is 0 Å². The fourth-order valence-electron chi connectivity index (χ4n) is 2.03. The van der Waals surface area contributed by atoms with E-state index in [-0.39, 0.29) is 5.82 Å². The van der Waals surface area contributed by atoms with Crippen LogP contribution in [0, 0.1) is 5.82 Å². The zero-order valence-corrected chi connectivity index (χ0v) is 13.4. The predicted octanol–water partition coefficient (Wildman–Crippen LogP) is 4.64. The number of nitrogens with zero attached hydrogens (tertiary/aromatic N) is 1. The van der Waals surface area contributed by atoms with E-state index < -0.39 is 0 Å². The second-order valence-electron chi connectivity index (χ2n) is 4.76. The van der Waals surface area contributed by atoms with Crippen molar-refractivity contribution in [3.8, 4) is 0 Å². The third kappa shape index (κ3) is 3.19. The van der Waals surface area contributed by atoms with E-state index in [0.29, 0.717) is 6.04 Å². The molecule has 0 amide bonds. The maximum atomic E-state index is 13.0. The first-order chi connectivity index (χ1) is 9.52. The van der Waals surface area contributed by atoms with Crippen molar-refractivity contribution in [2.45, 2.75) is 13.0 Å². The second-order valence-corrected chi connectivity index (χ2v) is 5.61. The summed E-state index contributed by atoms with van der Waals surface area (Å²) in [5, 5.41) is 3.22. The quantitative estimate of drug-likeness (QED) is 0.875. The third-order valence-electron chi connectivity index (χ3n) is 3.48. The van der Waals surface area contributed by atoms with Crippen molar-refractivity contribution in [2.24, 2.45) is 0 Å². The lowest BCUT2D eigenvalue weighted by atomic mass is 10.1. The minimum atomic E-state index is -0.223. The molecule has 0 bridgehead atoms. The molecule has 20 heavy (non-hydrogen) atoms. The second kappa shape index (κ2) is 6.37. The van der Waals surface area contributed by atoms with Crippen LogP contribution < -0.4 is 10.2 Å². The van der Waals surface area contributed by atoms with Crippen LogP contribution >= 0.6 is 15.9 Å². The van der Waals surface area contributed by atoms with Gasteiger partial charge in [-0.1, -0.05) is 6.07 Å². The molecule has 0 aromatic heterocycles. The van der Waals surface area contributed by atoms with Gasteiger partial charge in [-0.25, -0.2) is 4.39 Å². The van der Waals surface area contributed by atoms with E-state index in [2.05, 4.69) is 46.4 Å². The van der Waals surface area contributed by atoms with Crippen LogP contribution in [0.4, 0.5) is 15.8 Å². The normalized spacial score (nSPS) is 12.2. The molecule has 0 aliphatic rings. The Balaban J connectivity index is 2.30. The molecule has 0 saturated heterocycles. The van der Waals surface area contributed by atoms with Crippen molar-refractivity contribution in [1.29, 1.82) is 0 Å². The average molecular weight is 337 g/mol. The highest BCUT2D eigenvalue weighted by Gasteiger charge is 2.10. The first-order valence-electron chi connectivity index (χ1n) is 6.49. The number of hydrogen-bond donors (Lipinski definition) is 1. The lowest BCUT2D eigenvalue weighted by molar-refractivity contribution is 0.628. The Morgan fingerprint density at radius 1 is 1.15 bits per heavy atom. The zero-order chi connectivity index (χ0) is 14.7. The van der Waals surface area contributed by atoms with Gasteiger partial charge in [-0.2, -0.15) is 0 Å². The minimum absolute atomic E-state index is 0.223. The highest BCUT2D eigenvalue weighted by Crippen LogP contribution is 2.32. The summed E-state index contributed by atoms with van der Waals surface area (Å²) >= 11 is 3.61. The van der Waals surface area contributed by atoms with Crippen LogP contribution in [0.1, 0.15) is 18.5 Å². The van der Waals surface area contributed by atoms with E-state index in [4.69, 9.17) is 0 Å². The van der Waals surface area contributed by atoms with Gasteiger partial charge in [0, 0.05) is 23.2 Å². The first kappa shape index (κ1) is 15.0. The van der Waals surface area contributed by atoms with Gasteiger partial charge in [0.2, 0.25) is 0 Å². The van der Waals surface area contributed by atoms with E-state index in [1.54, 1.807) is 12.1 Å². The van der Waals surface area contributed by atoms with Crippen molar-refractivity contribution in [1.82, 2.24) is 5.32 Å². The van der Waals surface area contributed by atoms with Crippen LogP contribution in [0.2, 0.25) is 0 Å². The van der Waals surface area contributed by atoms with Crippen LogP contribution in [0.25, 0.3) is 0 Å². The molecule has 2 rings (SSSR count). The van der Waals surface area contributed by atoms with E-state index in [1.807, 2.05) is 19.0 Å². The number of rotatable bonds is 4. The van der Waals surface area contributed by atoms with Gasteiger partial charge in [0.15, 0.2) is 0 Å². The van der Waals surface area contributed by atoms with Gasteiger partial charge in [0.05, 0.1) is 5.69 Å². The fourth-order valence-corrected chi connectivity index (χ4v) is 2.70. The highest BCUT2D eigenvalue weighted by molar-refractivity contribution is 9.10. The Labute approximate surface area is 127 Å². The molecule has 0 heterocycles. The summed E-state index contributed by atoms with van der Waals surface area (Å²) in [6.45, 7) is 2.12.